The molecule has 2 aromatic rings. The molecule has 1 saturated heterocycles. The van der Waals surface area contributed by atoms with E-state index in [0.29, 0.717) is 6.54 Å². The van der Waals surface area contributed by atoms with Gasteiger partial charge in [-0.2, -0.15) is 0 Å². The Labute approximate surface area is 137 Å². The number of aryl methyl sites for hydroxylation is 1. The van der Waals surface area contributed by atoms with Crippen molar-refractivity contribution in [1.82, 2.24) is 4.90 Å². The molecule has 1 fully saturated rings. The molecule has 1 aliphatic rings. The molecular formula is C20H23NO2. The second kappa shape index (κ2) is 6.17. The third-order valence-electron chi connectivity index (χ3n) is 4.86. The summed E-state index contributed by atoms with van der Waals surface area (Å²) >= 11 is 0. The number of hydrogen-bond donors (Lipinski definition) is 1. The first-order valence-corrected chi connectivity index (χ1v) is 8.09. The summed E-state index contributed by atoms with van der Waals surface area (Å²) in [6.45, 7) is 6.25. The van der Waals surface area contributed by atoms with Crippen molar-refractivity contribution in [2.75, 3.05) is 13.1 Å². The lowest BCUT2D eigenvalue weighted by Gasteiger charge is -2.20. The highest BCUT2D eigenvalue weighted by Crippen LogP contribution is 2.31. The van der Waals surface area contributed by atoms with Crippen LogP contribution >= 0.6 is 0 Å². The first-order valence-electron chi connectivity index (χ1n) is 8.09. The fourth-order valence-electron chi connectivity index (χ4n) is 3.36. The van der Waals surface area contributed by atoms with E-state index in [9.17, 15) is 9.90 Å². The molecule has 1 aliphatic heterocycles. The number of nitrogens with zero attached hydrogens (tertiary/aromatic N) is 1. The molecule has 0 amide bonds. The summed E-state index contributed by atoms with van der Waals surface area (Å²) in [5, 5.41) is 9.35. The smallest absolute Gasteiger partial charge is 0.310 e. The number of aliphatic carboxylic acids is 1. The minimum Gasteiger partial charge on any atom is -0.481 e. The molecular weight excluding hydrogens is 286 g/mol. The molecule has 3 rings (SSSR count). The van der Waals surface area contributed by atoms with Gasteiger partial charge in [-0.05, 0) is 55.1 Å². The van der Waals surface area contributed by atoms with Crippen LogP contribution in [-0.4, -0.2) is 29.1 Å². The summed E-state index contributed by atoms with van der Waals surface area (Å²) in [4.78, 5) is 13.6. The van der Waals surface area contributed by atoms with E-state index in [1.165, 1.54) is 22.3 Å². The Morgan fingerprint density at radius 3 is 2.70 bits per heavy atom. The van der Waals surface area contributed by atoms with Crippen LogP contribution in [0.25, 0.3) is 11.1 Å². The second-order valence-electron chi connectivity index (χ2n) is 6.84. The zero-order valence-electron chi connectivity index (χ0n) is 13.7. The topological polar surface area (TPSA) is 40.5 Å². The van der Waals surface area contributed by atoms with E-state index in [-0.39, 0.29) is 0 Å². The van der Waals surface area contributed by atoms with Gasteiger partial charge in [0.1, 0.15) is 0 Å². The van der Waals surface area contributed by atoms with Crippen molar-refractivity contribution in [3.05, 3.63) is 59.7 Å². The van der Waals surface area contributed by atoms with Gasteiger partial charge in [0.25, 0.3) is 0 Å². The molecule has 120 valence electrons. The van der Waals surface area contributed by atoms with Gasteiger partial charge in [-0.25, -0.2) is 0 Å². The minimum atomic E-state index is -0.686. The molecule has 0 bridgehead atoms. The summed E-state index contributed by atoms with van der Waals surface area (Å²) in [7, 11) is 0. The third-order valence-corrected chi connectivity index (χ3v) is 4.86. The van der Waals surface area contributed by atoms with Gasteiger partial charge in [0.2, 0.25) is 0 Å². The number of carbonyl (C=O) groups is 1. The lowest BCUT2D eigenvalue weighted by molar-refractivity contribution is -0.147. The molecule has 0 spiro atoms. The molecule has 1 N–H and O–H groups in total. The molecule has 0 radical (unpaired) electrons. The van der Waals surface area contributed by atoms with Gasteiger partial charge >= 0.3 is 5.97 Å². The molecule has 3 nitrogen and oxygen atoms in total. The van der Waals surface area contributed by atoms with Crippen molar-refractivity contribution in [3.63, 3.8) is 0 Å². The molecule has 0 saturated carbocycles. The van der Waals surface area contributed by atoms with Crippen LogP contribution in [0.2, 0.25) is 0 Å². The zero-order chi connectivity index (χ0) is 16.4. The number of benzene rings is 2. The van der Waals surface area contributed by atoms with Crippen LogP contribution in [-0.2, 0) is 11.3 Å². The first kappa shape index (κ1) is 15.8. The Morgan fingerprint density at radius 2 is 2.00 bits per heavy atom. The molecule has 1 unspecified atom stereocenters. The maximum absolute atomic E-state index is 11.4. The summed E-state index contributed by atoms with van der Waals surface area (Å²) in [6, 6.07) is 17.0. The normalized spacial score (nSPS) is 21.5. The fraction of sp³-hybridized carbons (Fsp3) is 0.350. The van der Waals surface area contributed by atoms with Gasteiger partial charge in [-0.1, -0.05) is 42.5 Å². The fourth-order valence-corrected chi connectivity index (χ4v) is 3.36. The average molecular weight is 309 g/mol. The molecule has 3 heteroatoms. The standard InChI is InChI=1S/C20H23NO2/c1-15-6-3-4-9-18(15)17-8-5-7-16(12-17)13-21-11-10-20(2,14-21)19(22)23/h3-9,12H,10-11,13-14H2,1-2H3,(H,22,23). The predicted molar refractivity (Wildman–Crippen MR) is 92.3 cm³/mol. The molecule has 23 heavy (non-hydrogen) atoms. The van der Waals surface area contributed by atoms with Crippen LogP contribution < -0.4 is 0 Å². The molecule has 1 heterocycles. The number of carboxylic acids is 1. The van der Waals surface area contributed by atoms with Crippen molar-refractivity contribution >= 4 is 5.97 Å². The van der Waals surface area contributed by atoms with Crippen molar-refractivity contribution in [1.29, 1.82) is 0 Å². The Kier molecular flexibility index (Phi) is 4.22. The van der Waals surface area contributed by atoms with Gasteiger partial charge in [0.15, 0.2) is 0 Å². The van der Waals surface area contributed by atoms with Crippen LogP contribution in [0.5, 0.6) is 0 Å². The summed E-state index contributed by atoms with van der Waals surface area (Å²) < 4.78 is 0. The van der Waals surface area contributed by atoms with Gasteiger partial charge in [-0.3, -0.25) is 9.69 Å². The van der Waals surface area contributed by atoms with Crippen molar-refractivity contribution in [3.8, 4) is 11.1 Å². The monoisotopic (exact) mass is 309 g/mol. The van der Waals surface area contributed by atoms with E-state index in [2.05, 4.69) is 60.4 Å². The van der Waals surface area contributed by atoms with E-state index in [1.54, 1.807) is 0 Å². The quantitative estimate of drug-likeness (QED) is 0.929. The van der Waals surface area contributed by atoms with Crippen molar-refractivity contribution in [2.45, 2.75) is 26.8 Å². The molecule has 2 aromatic carbocycles. The summed E-state index contributed by atoms with van der Waals surface area (Å²) in [6.07, 6.45) is 0.722. The number of rotatable bonds is 4. The van der Waals surface area contributed by atoms with Crippen LogP contribution in [0.4, 0.5) is 0 Å². The number of hydrogen-bond acceptors (Lipinski definition) is 2. The molecule has 0 aliphatic carbocycles. The first-order chi connectivity index (χ1) is 11.0. The average Bonchev–Trinajstić information content (AvgIpc) is 2.91. The number of carboxylic acid groups (broad SMARTS) is 1. The Hall–Kier alpha value is -2.13. The van der Waals surface area contributed by atoms with E-state index in [0.717, 1.165) is 19.5 Å². The second-order valence-corrected chi connectivity index (χ2v) is 6.84. The largest absolute Gasteiger partial charge is 0.481 e. The Balaban J connectivity index is 1.77. The molecule has 0 aromatic heterocycles. The summed E-state index contributed by atoms with van der Waals surface area (Å²) in [5.74, 6) is -0.686. The van der Waals surface area contributed by atoms with Gasteiger partial charge in [0, 0.05) is 13.1 Å². The highest BCUT2D eigenvalue weighted by molar-refractivity contribution is 5.75. The van der Waals surface area contributed by atoms with Crippen LogP contribution in [0.3, 0.4) is 0 Å². The lowest BCUT2D eigenvalue weighted by Crippen LogP contribution is -2.31. The highest BCUT2D eigenvalue weighted by atomic mass is 16.4. The maximum atomic E-state index is 11.4. The highest BCUT2D eigenvalue weighted by Gasteiger charge is 2.40. The Bertz CT molecular complexity index is 725. The third kappa shape index (κ3) is 3.30. The predicted octanol–water partition coefficient (Wildman–Crippen LogP) is 3.96. The van der Waals surface area contributed by atoms with Crippen molar-refractivity contribution < 1.29 is 9.90 Å². The van der Waals surface area contributed by atoms with Gasteiger partial charge in [-0.15, -0.1) is 0 Å². The van der Waals surface area contributed by atoms with E-state index < -0.39 is 11.4 Å². The summed E-state index contributed by atoms with van der Waals surface area (Å²) in [5.41, 5.74) is 4.38. The van der Waals surface area contributed by atoms with E-state index in [4.69, 9.17) is 0 Å². The zero-order valence-corrected chi connectivity index (χ0v) is 13.7. The van der Waals surface area contributed by atoms with Crippen LogP contribution in [0.15, 0.2) is 48.5 Å². The van der Waals surface area contributed by atoms with E-state index >= 15 is 0 Å². The Morgan fingerprint density at radius 1 is 1.22 bits per heavy atom. The lowest BCUT2D eigenvalue weighted by atomic mass is 9.90. The van der Waals surface area contributed by atoms with E-state index in [1.807, 2.05) is 6.92 Å². The maximum Gasteiger partial charge on any atom is 0.310 e. The minimum absolute atomic E-state index is 0.604. The van der Waals surface area contributed by atoms with Gasteiger partial charge < -0.3 is 5.11 Å². The molecule has 1 atom stereocenters. The SMILES string of the molecule is Cc1ccccc1-c1cccc(CN2CCC(C)(C(=O)O)C2)c1. The van der Waals surface area contributed by atoms with Crippen molar-refractivity contribution in [2.24, 2.45) is 5.41 Å². The van der Waals surface area contributed by atoms with Crippen LogP contribution in [0.1, 0.15) is 24.5 Å². The van der Waals surface area contributed by atoms with Crippen LogP contribution in [0, 0.1) is 12.3 Å². The number of likely N-dealkylation sites (tertiary alicyclic amines) is 1. The van der Waals surface area contributed by atoms with Gasteiger partial charge in [0.05, 0.1) is 5.41 Å².